The van der Waals surface area contributed by atoms with E-state index in [1.807, 2.05) is 6.92 Å². The Hall–Kier alpha value is -0.570. The summed E-state index contributed by atoms with van der Waals surface area (Å²) in [4.78, 5) is 10.4. The lowest BCUT2D eigenvalue weighted by Crippen LogP contribution is -2.27. The second-order valence-corrected chi connectivity index (χ2v) is 2.48. The highest BCUT2D eigenvalue weighted by Crippen LogP contribution is 2.14. The number of hydrogen-bond acceptors (Lipinski definition) is 2. The summed E-state index contributed by atoms with van der Waals surface area (Å²) < 4.78 is 0. The number of carbonyl (C=O) groups is 1. The maximum absolute atomic E-state index is 10.4. The van der Waals surface area contributed by atoms with E-state index in [1.54, 1.807) is 0 Å². The highest BCUT2D eigenvalue weighted by molar-refractivity contribution is 5.71. The molecule has 52 valence electrons. The molecule has 1 aliphatic heterocycles. The van der Waals surface area contributed by atoms with Gasteiger partial charge < -0.3 is 10.4 Å². The molecule has 0 spiro atoms. The van der Waals surface area contributed by atoms with E-state index in [9.17, 15) is 4.79 Å². The average molecular weight is 129 g/mol. The molecule has 1 unspecified atom stereocenters. The summed E-state index contributed by atoms with van der Waals surface area (Å²) >= 11 is 0. The molecule has 0 bridgehead atoms. The highest BCUT2D eigenvalue weighted by Gasteiger charge is 2.28. The first-order chi connectivity index (χ1) is 4.22. The zero-order valence-electron chi connectivity index (χ0n) is 5.42. The lowest BCUT2D eigenvalue weighted by molar-refractivity contribution is -0.141. The molecule has 0 saturated carbocycles. The normalized spacial score (nSPS) is 34.8. The third kappa shape index (κ3) is 1.21. The third-order valence-corrected chi connectivity index (χ3v) is 1.84. The lowest BCUT2D eigenvalue weighted by atomic mass is 10.0. The van der Waals surface area contributed by atoms with Gasteiger partial charge in [0.25, 0.3) is 0 Å². The molecule has 0 amide bonds. The number of hydrogen-bond donors (Lipinski definition) is 2. The van der Waals surface area contributed by atoms with Crippen molar-refractivity contribution in [3.63, 3.8) is 0 Å². The van der Waals surface area contributed by atoms with Gasteiger partial charge in [-0.25, -0.2) is 0 Å². The molecular formula is C6H11NO2. The van der Waals surface area contributed by atoms with Crippen LogP contribution in [-0.2, 0) is 4.79 Å². The Morgan fingerprint density at radius 3 is 2.67 bits per heavy atom. The van der Waals surface area contributed by atoms with Crippen LogP contribution in [0.1, 0.15) is 13.3 Å². The summed E-state index contributed by atoms with van der Waals surface area (Å²) in [6, 6.07) is 0.155. The molecule has 1 fully saturated rings. The fraction of sp³-hybridized carbons (Fsp3) is 0.833. The van der Waals surface area contributed by atoms with E-state index in [0.29, 0.717) is 0 Å². The van der Waals surface area contributed by atoms with E-state index >= 15 is 0 Å². The fourth-order valence-corrected chi connectivity index (χ4v) is 1.20. The minimum absolute atomic E-state index is 0.155. The van der Waals surface area contributed by atoms with E-state index in [1.165, 1.54) is 0 Å². The Bertz CT molecular complexity index is 124. The van der Waals surface area contributed by atoms with Crippen molar-refractivity contribution in [2.45, 2.75) is 19.4 Å². The van der Waals surface area contributed by atoms with Gasteiger partial charge in [0.2, 0.25) is 0 Å². The molecule has 0 aromatic heterocycles. The standard InChI is InChI=1S/C6H11NO2/c1-4-5(6(8)9)2-3-7-4/h4-5,7H,2-3H2,1H3,(H,8,9)/t4-,5?/m1/s1. The molecule has 0 aromatic carbocycles. The zero-order valence-corrected chi connectivity index (χ0v) is 5.42. The van der Waals surface area contributed by atoms with Crippen LogP contribution >= 0.6 is 0 Å². The Morgan fingerprint density at radius 2 is 2.44 bits per heavy atom. The first kappa shape index (κ1) is 6.55. The molecule has 1 saturated heterocycles. The van der Waals surface area contributed by atoms with Crippen LogP contribution in [0.2, 0.25) is 0 Å². The van der Waals surface area contributed by atoms with Crippen LogP contribution in [0.25, 0.3) is 0 Å². The van der Waals surface area contributed by atoms with Gasteiger partial charge in [-0.2, -0.15) is 0 Å². The van der Waals surface area contributed by atoms with Gasteiger partial charge in [-0.3, -0.25) is 4.79 Å². The van der Waals surface area contributed by atoms with Crippen LogP contribution < -0.4 is 5.32 Å². The van der Waals surface area contributed by atoms with Crippen molar-refractivity contribution in [1.82, 2.24) is 5.32 Å². The van der Waals surface area contributed by atoms with Gasteiger partial charge in [0.1, 0.15) is 0 Å². The quantitative estimate of drug-likeness (QED) is 0.526. The molecule has 2 atom stereocenters. The summed E-state index contributed by atoms with van der Waals surface area (Å²) in [5.74, 6) is -0.836. The van der Waals surface area contributed by atoms with Crippen LogP contribution in [-0.4, -0.2) is 23.7 Å². The van der Waals surface area contributed by atoms with Crippen molar-refractivity contribution in [3.05, 3.63) is 0 Å². The number of carboxylic acids is 1. The van der Waals surface area contributed by atoms with Crippen molar-refractivity contribution in [1.29, 1.82) is 0 Å². The van der Waals surface area contributed by atoms with E-state index in [0.717, 1.165) is 13.0 Å². The number of rotatable bonds is 1. The van der Waals surface area contributed by atoms with Gasteiger partial charge in [0, 0.05) is 6.04 Å². The van der Waals surface area contributed by atoms with Crippen LogP contribution in [0.3, 0.4) is 0 Å². The minimum atomic E-state index is -0.674. The molecule has 0 aromatic rings. The average Bonchev–Trinajstić information content (AvgIpc) is 2.13. The maximum atomic E-state index is 10.4. The third-order valence-electron chi connectivity index (χ3n) is 1.84. The number of aliphatic carboxylic acids is 1. The Labute approximate surface area is 54.1 Å². The second-order valence-electron chi connectivity index (χ2n) is 2.48. The van der Waals surface area contributed by atoms with E-state index in [-0.39, 0.29) is 12.0 Å². The largest absolute Gasteiger partial charge is 0.481 e. The fourth-order valence-electron chi connectivity index (χ4n) is 1.20. The maximum Gasteiger partial charge on any atom is 0.308 e. The Morgan fingerprint density at radius 1 is 1.78 bits per heavy atom. The molecule has 0 aliphatic carbocycles. The lowest BCUT2D eigenvalue weighted by Gasteiger charge is -2.07. The SMILES string of the molecule is C[C@H]1NCCC1C(=O)O. The Balaban J connectivity index is 2.49. The number of nitrogens with one attached hydrogen (secondary N) is 1. The van der Waals surface area contributed by atoms with Crippen molar-refractivity contribution in [2.24, 2.45) is 5.92 Å². The zero-order chi connectivity index (χ0) is 6.85. The van der Waals surface area contributed by atoms with Crippen molar-refractivity contribution in [3.8, 4) is 0 Å². The first-order valence-electron chi connectivity index (χ1n) is 3.18. The van der Waals surface area contributed by atoms with Gasteiger partial charge in [0.05, 0.1) is 5.92 Å². The molecule has 2 N–H and O–H groups in total. The van der Waals surface area contributed by atoms with Gasteiger partial charge in [-0.05, 0) is 19.9 Å². The summed E-state index contributed by atoms with van der Waals surface area (Å²) in [6.45, 7) is 2.75. The number of carboxylic acid groups (broad SMARTS) is 1. The van der Waals surface area contributed by atoms with Crippen LogP contribution in [0.5, 0.6) is 0 Å². The summed E-state index contributed by atoms with van der Waals surface area (Å²) in [5.41, 5.74) is 0. The molecule has 9 heavy (non-hydrogen) atoms. The van der Waals surface area contributed by atoms with Crippen LogP contribution in [0.4, 0.5) is 0 Å². The smallest absolute Gasteiger partial charge is 0.308 e. The van der Waals surface area contributed by atoms with Gasteiger partial charge >= 0.3 is 5.97 Å². The topological polar surface area (TPSA) is 49.3 Å². The van der Waals surface area contributed by atoms with Crippen molar-refractivity contribution >= 4 is 5.97 Å². The first-order valence-corrected chi connectivity index (χ1v) is 3.18. The molecule has 1 aliphatic rings. The molecule has 1 heterocycles. The summed E-state index contributed by atoms with van der Waals surface area (Å²) in [6.07, 6.45) is 0.774. The second kappa shape index (κ2) is 2.35. The van der Waals surface area contributed by atoms with Gasteiger partial charge in [0.15, 0.2) is 0 Å². The monoisotopic (exact) mass is 129 g/mol. The molecule has 1 rings (SSSR count). The predicted molar refractivity (Wildman–Crippen MR) is 33.2 cm³/mol. The van der Waals surface area contributed by atoms with Gasteiger partial charge in [-0.1, -0.05) is 0 Å². The minimum Gasteiger partial charge on any atom is -0.481 e. The molecule has 0 radical (unpaired) electrons. The Kier molecular flexibility index (Phi) is 1.71. The van der Waals surface area contributed by atoms with Crippen molar-refractivity contribution in [2.75, 3.05) is 6.54 Å². The molecular weight excluding hydrogens is 118 g/mol. The van der Waals surface area contributed by atoms with E-state index in [2.05, 4.69) is 5.32 Å². The van der Waals surface area contributed by atoms with Crippen LogP contribution in [0, 0.1) is 5.92 Å². The van der Waals surface area contributed by atoms with E-state index in [4.69, 9.17) is 5.11 Å². The van der Waals surface area contributed by atoms with Gasteiger partial charge in [-0.15, -0.1) is 0 Å². The summed E-state index contributed by atoms with van der Waals surface area (Å²) in [7, 11) is 0. The van der Waals surface area contributed by atoms with E-state index < -0.39 is 5.97 Å². The van der Waals surface area contributed by atoms with Crippen LogP contribution in [0.15, 0.2) is 0 Å². The summed E-state index contributed by atoms with van der Waals surface area (Å²) in [5, 5.41) is 11.6. The molecule has 3 nitrogen and oxygen atoms in total. The molecule has 3 heteroatoms. The van der Waals surface area contributed by atoms with Crippen molar-refractivity contribution < 1.29 is 9.90 Å². The highest BCUT2D eigenvalue weighted by atomic mass is 16.4. The predicted octanol–water partition coefficient (Wildman–Crippen LogP) is 0.0690.